The predicted molar refractivity (Wildman–Crippen MR) is 88.8 cm³/mol. The predicted octanol–water partition coefficient (Wildman–Crippen LogP) is 4.94. The molecule has 1 amide bonds. The molecule has 152 valence electrons. The number of carbonyl (C=O) groups is 1. The van der Waals surface area contributed by atoms with Crippen molar-refractivity contribution in [2.45, 2.75) is 32.2 Å². The van der Waals surface area contributed by atoms with Gasteiger partial charge in [0.05, 0.1) is 23.0 Å². The van der Waals surface area contributed by atoms with Gasteiger partial charge in [-0.25, -0.2) is 0 Å². The lowest BCUT2D eigenvalue weighted by atomic mass is 10.1. The van der Waals surface area contributed by atoms with Crippen LogP contribution in [0.25, 0.3) is 0 Å². The molecule has 0 saturated carbocycles. The summed E-state index contributed by atoms with van der Waals surface area (Å²) in [5, 5.41) is 0. The van der Waals surface area contributed by atoms with Crippen molar-refractivity contribution in [1.29, 1.82) is 0 Å². The molecule has 0 atom stereocenters. The van der Waals surface area contributed by atoms with Gasteiger partial charge in [-0.1, -0.05) is 0 Å². The Bertz CT molecular complexity index is 787. The number of hydrogen-bond acceptors (Lipinski definition) is 3. The van der Waals surface area contributed by atoms with Crippen molar-refractivity contribution in [2.75, 3.05) is 11.5 Å². The molecule has 1 aromatic heterocycles. The molecule has 0 aliphatic heterocycles. The summed E-state index contributed by atoms with van der Waals surface area (Å²) in [7, 11) is 0. The Kier molecular flexibility index (Phi) is 6.20. The number of pyridine rings is 1. The van der Waals surface area contributed by atoms with Gasteiger partial charge in [0, 0.05) is 12.2 Å². The smallest absolute Gasteiger partial charge is 0.416 e. The van der Waals surface area contributed by atoms with Gasteiger partial charge in [-0.3, -0.25) is 9.78 Å². The van der Waals surface area contributed by atoms with Crippen LogP contribution >= 0.6 is 0 Å². The molecule has 0 aliphatic carbocycles. The van der Waals surface area contributed by atoms with E-state index in [-0.39, 0.29) is 12.1 Å². The van der Waals surface area contributed by atoms with E-state index in [0.29, 0.717) is 17.8 Å². The van der Waals surface area contributed by atoms with Crippen molar-refractivity contribution < 1.29 is 35.9 Å². The van der Waals surface area contributed by atoms with Crippen LogP contribution in [0, 0.1) is 0 Å². The van der Waals surface area contributed by atoms with Gasteiger partial charge in [0.1, 0.15) is 5.75 Å². The molecular weight excluding hydrogens is 390 g/mol. The summed E-state index contributed by atoms with van der Waals surface area (Å²) in [6, 6.07) is 3.68. The minimum absolute atomic E-state index is 0.00919. The number of rotatable bonds is 5. The van der Waals surface area contributed by atoms with Crippen LogP contribution in [0.4, 0.5) is 32.0 Å². The van der Waals surface area contributed by atoms with Gasteiger partial charge in [-0.2, -0.15) is 26.3 Å². The average molecular weight is 406 g/mol. The summed E-state index contributed by atoms with van der Waals surface area (Å²) in [4.78, 5) is 17.6. The molecule has 4 nitrogen and oxygen atoms in total. The van der Waals surface area contributed by atoms with E-state index in [1.165, 1.54) is 17.3 Å². The molecule has 0 aliphatic rings. The zero-order chi connectivity index (χ0) is 21.1. The summed E-state index contributed by atoms with van der Waals surface area (Å²) >= 11 is 0. The molecule has 2 aromatic rings. The van der Waals surface area contributed by atoms with Crippen LogP contribution < -0.4 is 9.64 Å². The highest BCUT2D eigenvalue weighted by molar-refractivity contribution is 5.94. The lowest BCUT2D eigenvalue weighted by Crippen LogP contribution is -2.40. The SMILES string of the molecule is CC(C)N(C(=O)COc1cc(C(F)(F)F)cc(C(F)(F)F)c1)c1cccnc1. The normalized spacial score (nSPS) is 12.2. The summed E-state index contributed by atoms with van der Waals surface area (Å²) in [5.41, 5.74) is -2.61. The molecular formula is C18H16F6N2O2. The molecule has 0 bridgehead atoms. The van der Waals surface area contributed by atoms with Crippen LogP contribution in [0.1, 0.15) is 25.0 Å². The Morgan fingerprint density at radius 3 is 2.07 bits per heavy atom. The first kappa shape index (κ1) is 21.5. The zero-order valence-corrected chi connectivity index (χ0v) is 14.8. The standard InChI is InChI=1S/C18H16F6N2O2/c1-11(2)26(14-4-3-5-25-9-14)16(27)10-28-15-7-12(17(19,20)21)6-13(8-15)18(22,23)24/h3-9,11H,10H2,1-2H3. The van der Waals surface area contributed by atoms with Crippen molar-refractivity contribution in [2.24, 2.45) is 0 Å². The van der Waals surface area contributed by atoms with E-state index in [4.69, 9.17) is 4.74 Å². The Hall–Kier alpha value is -2.78. The number of carbonyl (C=O) groups excluding carboxylic acids is 1. The fraction of sp³-hybridized carbons (Fsp3) is 0.333. The fourth-order valence-electron chi connectivity index (χ4n) is 2.45. The highest BCUT2D eigenvalue weighted by Crippen LogP contribution is 2.38. The van der Waals surface area contributed by atoms with E-state index < -0.39 is 41.7 Å². The van der Waals surface area contributed by atoms with Crippen LogP contribution in [0.2, 0.25) is 0 Å². The third-order valence-corrected chi connectivity index (χ3v) is 3.63. The molecule has 0 N–H and O–H groups in total. The number of nitrogens with zero attached hydrogens (tertiary/aromatic N) is 2. The number of aromatic nitrogens is 1. The van der Waals surface area contributed by atoms with Crippen LogP contribution in [0.5, 0.6) is 5.75 Å². The van der Waals surface area contributed by atoms with Crippen LogP contribution in [-0.2, 0) is 17.1 Å². The number of halogens is 6. The number of benzene rings is 1. The fourth-order valence-corrected chi connectivity index (χ4v) is 2.45. The molecule has 28 heavy (non-hydrogen) atoms. The van der Waals surface area contributed by atoms with Crippen molar-refractivity contribution in [3.8, 4) is 5.75 Å². The monoisotopic (exact) mass is 406 g/mol. The Morgan fingerprint density at radius 2 is 1.64 bits per heavy atom. The highest BCUT2D eigenvalue weighted by atomic mass is 19.4. The first-order valence-corrected chi connectivity index (χ1v) is 8.04. The van der Waals surface area contributed by atoms with Gasteiger partial charge >= 0.3 is 12.4 Å². The molecule has 1 aromatic carbocycles. The maximum atomic E-state index is 12.9. The Morgan fingerprint density at radius 1 is 1.07 bits per heavy atom. The van der Waals surface area contributed by atoms with E-state index >= 15 is 0 Å². The third-order valence-electron chi connectivity index (χ3n) is 3.63. The number of alkyl halides is 6. The quantitative estimate of drug-likeness (QED) is 0.661. The van der Waals surface area contributed by atoms with Gasteiger partial charge in [-0.15, -0.1) is 0 Å². The van der Waals surface area contributed by atoms with E-state index in [2.05, 4.69) is 4.98 Å². The molecule has 0 spiro atoms. The van der Waals surface area contributed by atoms with Gasteiger partial charge in [0.2, 0.25) is 0 Å². The molecule has 1 heterocycles. The summed E-state index contributed by atoms with van der Waals surface area (Å²) in [5.74, 6) is -1.35. The average Bonchev–Trinajstić information content (AvgIpc) is 2.59. The molecule has 0 saturated heterocycles. The maximum Gasteiger partial charge on any atom is 0.416 e. The second-order valence-electron chi connectivity index (χ2n) is 6.10. The van der Waals surface area contributed by atoms with Gasteiger partial charge in [-0.05, 0) is 44.2 Å². The first-order valence-electron chi connectivity index (χ1n) is 8.04. The number of amides is 1. The topological polar surface area (TPSA) is 42.4 Å². The third kappa shape index (κ3) is 5.37. The first-order chi connectivity index (χ1) is 12.9. The van der Waals surface area contributed by atoms with E-state index in [1.807, 2.05) is 0 Å². The van der Waals surface area contributed by atoms with E-state index in [9.17, 15) is 31.1 Å². The van der Waals surface area contributed by atoms with Crippen molar-refractivity contribution in [3.05, 3.63) is 53.9 Å². The lowest BCUT2D eigenvalue weighted by molar-refractivity contribution is -0.143. The molecule has 10 heteroatoms. The molecule has 0 fully saturated rings. The van der Waals surface area contributed by atoms with Crippen LogP contribution in [0.3, 0.4) is 0 Å². The molecule has 0 unspecified atom stereocenters. The highest BCUT2D eigenvalue weighted by Gasteiger charge is 2.37. The zero-order valence-electron chi connectivity index (χ0n) is 14.8. The largest absolute Gasteiger partial charge is 0.484 e. The van der Waals surface area contributed by atoms with Crippen LogP contribution in [0.15, 0.2) is 42.7 Å². The number of anilines is 1. The summed E-state index contributed by atoms with van der Waals surface area (Å²) < 4.78 is 82.3. The van der Waals surface area contributed by atoms with Crippen LogP contribution in [-0.4, -0.2) is 23.5 Å². The Balaban J connectivity index is 2.26. The molecule has 2 rings (SSSR count). The van der Waals surface area contributed by atoms with Gasteiger partial charge in [0.15, 0.2) is 6.61 Å². The summed E-state index contributed by atoms with van der Waals surface area (Å²) in [6.07, 6.45) is -7.10. The van der Waals surface area contributed by atoms with E-state index in [1.54, 1.807) is 26.0 Å². The Labute approximate surface area is 156 Å². The van der Waals surface area contributed by atoms with Gasteiger partial charge < -0.3 is 9.64 Å². The van der Waals surface area contributed by atoms with Gasteiger partial charge in [0.25, 0.3) is 5.91 Å². The molecule has 0 radical (unpaired) electrons. The number of hydrogen-bond donors (Lipinski definition) is 0. The minimum Gasteiger partial charge on any atom is -0.484 e. The second kappa shape index (κ2) is 8.07. The van der Waals surface area contributed by atoms with Crippen molar-refractivity contribution in [1.82, 2.24) is 4.98 Å². The number of ether oxygens (including phenoxy) is 1. The second-order valence-corrected chi connectivity index (χ2v) is 6.10. The van der Waals surface area contributed by atoms with Crippen molar-refractivity contribution >= 4 is 11.6 Å². The van der Waals surface area contributed by atoms with Crippen molar-refractivity contribution in [3.63, 3.8) is 0 Å². The van der Waals surface area contributed by atoms with E-state index in [0.717, 1.165) is 0 Å². The minimum atomic E-state index is -5.00. The summed E-state index contributed by atoms with van der Waals surface area (Å²) in [6.45, 7) is 2.64. The maximum absolute atomic E-state index is 12.9. The lowest BCUT2D eigenvalue weighted by Gasteiger charge is -2.26.